The number of carbonyl (C=O) groups is 2. The molecule has 0 aliphatic rings. The summed E-state index contributed by atoms with van der Waals surface area (Å²) < 4.78 is 0. The predicted octanol–water partition coefficient (Wildman–Crippen LogP) is 3.49. The van der Waals surface area contributed by atoms with Gasteiger partial charge in [0.15, 0.2) is 0 Å². The number of fused-ring (bicyclic) bond motifs is 2. The molecule has 2 atom stereocenters. The number of hydrogen-bond donors (Lipinski definition) is 3. The van der Waals surface area contributed by atoms with Crippen molar-refractivity contribution in [1.29, 1.82) is 0 Å². The summed E-state index contributed by atoms with van der Waals surface area (Å²) in [6.45, 7) is 1.54. The molecule has 0 fully saturated rings. The zero-order valence-electron chi connectivity index (χ0n) is 19.1. The van der Waals surface area contributed by atoms with E-state index in [9.17, 15) is 9.59 Å². The first-order chi connectivity index (χ1) is 16.4. The van der Waals surface area contributed by atoms with E-state index in [4.69, 9.17) is 11.5 Å². The Hall–Kier alpha value is -4.03. The van der Waals surface area contributed by atoms with Crippen LogP contribution < -0.4 is 16.8 Å². The van der Waals surface area contributed by atoms with Crippen molar-refractivity contribution in [3.8, 4) is 0 Å². The minimum absolute atomic E-state index is 0.142. The fraction of sp³-hybridized carbons (Fsp3) is 0.179. The highest BCUT2D eigenvalue weighted by atomic mass is 16.2. The third-order valence-corrected chi connectivity index (χ3v) is 5.76. The number of nitrogens with two attached hydrogens (primary N) is 2. The van der Waals surface area contributed by atoms with Gasteiger partial charge in [-0.1, -0.05) is 84.9 Å². The van der Waals surface area contributed by atoms with Crippen molar-refractivity contribution in [3.63, 3.8) is 0 Å². The third-order valence-electron chi connectivity index (χ3n) is 5.76. The van der Waals surface area contributed by atoms with Gasteiger partial charge < -0.3 is 16.8 Å². The standard InChI is InChI=1S/C28H28N4O2/c1-18(29)31-28(34)26(17-20-11-13-22-7-3-5-9-24(22)15-20)32-27(33)25(30)16-19-10-12-21-6-2-4-8-23(21)14-19/h2-15,25-26H,16-17,30H2,1H3,(H,32,33)(H2,29,31,34)/t25-,26-/m1/s1. The molecule has 0 aliphatic heterocycles. The lowest BCUT2D eigenvalue weighted by atomic mass is 9.99. The number of hydrogen-bond acceptors (Lipinski definition) is 3. The van der Waals surface area contributed by atoms with Crippen molar-refractivity contribution in [2.45, 2.75) is 31.8 Å². The second-order valence-corrected chi connectivity index (χ2v) is 8.53. The Balaban J connectivity index is 1.50. The number of benzene rings is 4. The van der Waals surface area contributed by atoms with Gasteiger partial charge >= 0.3 is 0 Å². The molecule has 6 heteroatoms. The summed E-state index contributed by atoms with van der Waals surface area (Å²) in [4.78, 5) is 29.6. The van der Waals surface area contributed by atoms with Crippen LogP contribution in [0.25, 0.3) is 21.5 Å². The molecule has 4 rings (SSSR count). The lowest BCUT2D eigenvalue weighted by Crippen LogP contribution is -2.50. The van der Waals surface area contributed by atoms with Crippen LogP contribution in [0.1, 0.15) is 18.1 Å². The van der Waals surface area contributed by atoms with Gasteiger partial charge in [-0.25, -0.2) is 0 Å². The van der Waals surface area contributed by atoms with Crippen molar-refractivity contribution in [2.24, 2.45) is 16.5 Å². The first kappa shape index (κ1) is 23.1. The highest BCUT2D eigenvalue weighted by Crippen LogP contribution is 2.18. The monoisotopic (exact) mass is 452 g/mol. The Bertz CT molecular complexity index is 1380. The molecule has 0 unspecified atom stereocenters. The molecular formula is C28H28N4O2. The lowest BCUT2D eigenvalue weighted by molar-refractivity contribution is -0.128. The van der Waals surface area contributed by atoms with E-state index in [2.05, 4.69) is 10.3 Å². The quantitative estimate of drug-likeness (QED) is 0.294. The van der Waals surface area contributed by atoms with Crippen molar-refractivity contribution in [2.75, 3.05) is 0 Å². The average molecular weight is 453 g/mol. The molecule has 0 aromatic heterocycles. The topological polar surface area (TPSA) is 111 Å². The highest BCUT2D eigenvalue weighted by molar-refractivity contribution is 5.97. The summed E-state index contributed by atoms with van der Waals surface area (Å²) in [5.41, 5.74) is 13.7. The Morgan fingerprint density at radius 1 is 0.794 bits per heavy atom. The van der Waals surface area contributed by atoms with Crippen molar-refractivity contribution in [3.05, 3.63) is 96.1 Å². The molecule has 0 radical (unpaired) electrons. The largest absolute Gasteiger partial charge is 0.387 e. The van der Waals surface area contributed by atoms with Crippen molar-refractivity contribution < 1.29 is 9.59 Å². The van der Waals surface area contributed by atoms with Gasteiger partial charge in [0.05, 0.1) is 11.9 Å². The summed E-state index contributed by atoms with van der Waals surface area (Å²) >= 11 is 0. The van der Waals surface area contributed by atoms with Crippen molar-refractivity contribution in [1.82, 2.24) is 5.32 Å². The summed E-state index contributed by atoms with van der Waals surface area (Å²) in [5, 5.41) is 7.18. The Morgan fingerprint density at radius 2 is 1.29 bits per heavy atom. The fourth-order valence-corrected chi connectivity index (χ4v) is 4.04. The molecule has 0 bridgehead atoms. The molecular weight excluding hydrogens is 424 g/mol. The normalized spacial score (nSPS) is 13.5. The number of nitrogens with one attached hydrogen (secondary N) is 1. The average Bonchev–Trinajstić information content (AvgIpc) is 2.83. The lowest BCUT2D eigenvalue weighted by Gasteiger charge is -2.19. The number of nitrogens with zero attached hydrogens (tertiary/aromatic N) is 1. The van der Waals surface area contributed by atoms with Gasteiger partial charge in [0.1, 0.15) is 6.04 Å². The molecule has 5 N–H and O–H groups in total. The molecule has 0 heterocycles. The van der Waals surface area contributed by atoms with Crippen LogP contribution in [0.5, 0.6) is 0 Å². The van der Waals surface area contributed by atoms with Crippen molar-refractivity contribution >= 4 is 39.2 Å². The van der Waals surface area contributed by atoms with E-state index in [0.29, 0.717) is 6.42 Å². The maximum absolute atomic E-state index is 12.9. The van der Waals surface area contributed by atoms with Crippen LogP contribution in [0, 0.1) is 0 Å². The minimum Gasteiger partial charge on any atom is -0.387 e. The number of aliphatic imine (C=N–C) groups is 1. The van der Waals surface area contributed by atoms with Gasteiger partial charge in [-0.15, -0.1) is 0 Å². The molecule has 4 aromatic rings. The smallest absolute Gasteiger partial charge is 0.270 e. The molecule has 0 spiro atoms. The molecule has 0 saturated heterocycles. The molecule has 6 nitrogen and oxygen atoms in total. The molecule has 34 heavy (non-hydrogen) atoms. The Kier molecular flexibility index (Phi) is 6.99. The van der Waals surface area contributed by atoms with Crippen LogP contribution in [0.3, 0.4) is 0 Å². The molecule has 0 saturated carbocycles. The predicted molar refractivity (Wildman–Crippen MR) is 138 cm³/mol. The summed E-state index contributed by atoms with van der Waals surface area (Å²) in [6, 6.07) is 26.3. The number of carbonyl (C=O) groups excluding carboxylic acids is 2. The maximum atomic E-state index is 12.9. The third kappa shape index (κ3) is 5.66. The number of amides is 2. The molecule has 4 aromatic carbocycles. The second-order valence-electron chi connectivity index (χ2n) is 8.53. The Labute approximate surface area is 198 Å². The summed E-state index contributed by atoms with van der Waals surface area (Å²) in [6.07, 6.45) is 0.640. The molecule has 172 valence electrons. The number of rotatable bonds is 7. The van der Waals surface area contributed by atoms with Crippen LogP contribution in [0.15, 0.2) is 89.9 Å². The zero-order valence-corrected chi connectivity index (χ0v) is 19.1. The molecule has 2 amide bonds. The highest BCUT2D eigenvalue weighted by Gasteiger charge is 2.24. The van der Waals surface area contributed by atoms with Gasteiger partial charge in [0.25, 0.3) is 5.91 Å². The first-order valence-electron chi connectivity index (χ1n) is 11.2. The zero-order chi connectivity index (χ0) is 24.1. The minimum atomic E-state index is -0.866. The van der Waals surface area contributed by atoms with E-state index in [1.165, 1.54) is 6.92 Å². The van der Waals surface area contributed by atoms with Gasteiger partial charge in [0, 0.05) is 6.42 Å². The summed E-state index contributed by atoms with van der Waals surface area (Å²) in [5.74, 6) is -0.764. The Morgan fingerprint density at radius 3 is 1.82 bits per heavy atom. The van der Waals surface area contributed by atoms with Crippen LogP contribution in [0.4, 0.5) is 0 Å². The first-order valence-corrected chi connectivity index (χ1v) is 11.2. The van der Waals surface area contributed by atoms with E-state index in [0.717, 1.165) is 32.7 Å². The van der Waals surface area contributed by atoms with Gasteiger partial charge in [-0.05, 0) is 46.0 Å². The van der Waals surface area contributed by atoms with Gasteiger partial charge in [0.2, 0.25) is 5.91 Å². The van der Waals surface area contributed by atoms with Crippen LogP contribution in [0.2, 0.25) is 0 Å². The second kappa shape index (κ2) is 10.3. The van der Waals surface area contributed by atoms with E-state index in [-0.39, 0.29) is 12.3 Å². The molecule has 0 aliphatic carbocycles. The van der Waals surface area contributed by atoms with E-state index < -0.39 is 23.9 Å². The van der Waals surface area contributed by atoms with E-state index in [1.54, 1.807) is 0 Å². The maximum Gasteiger partial charge on any atom is 0.270 e. The van der Waals surface area contributed by atoms with E-state index in [1.807, 2.05) is 84.9 Å². The van der Waals surface area contributed by atoms with Crippen LogP contribution in [-0.4, -0.2) is 29.7 Å². The van der Waals surface area contributed by atoms with E-state index >= 15 is 0 Å². The number of amidine groups is 1. The van der Waals surface area contributed by atoms with Crippen LogP contribution in [-0.2, 0) is 22.4 Å². The van der Waals surface area contributed by atoms with Gasteiger partial charge in [-0.3, -0.25) is 9.59 Å². The summed E-state index contributed by atoms with van der Waals surface area (Å²) in [7, 11) is 0. The fourth-order valence-electron chi connectivity index (χ4n) is 4.04. The SMILES string of the molecule is CC(N)=NC(=O)[C@@H](Cc1ccc2ccccc2c1)NC(=O)[C@H](N)Cc1ccc2ccccc2c1. The van der Waals surface area contributed by atoms with Crippen LogP contribution >= 0.6 is 0 Å². The van der Waals surface area contributed by atoms with Gasteiger partial charge in [-0.2, -0.15) is 4.99 Å².